The second-order valence-corrected chi connectivity index (χ2v) is 4.64. The molecule has 19 heavy (non-hydrogen) atoms. The topological polar surface area (TPSA) is 71.1 Å². The summed E-state index contributed by atoms with van der Waals surface area (Å²) in [5, 5.41) is 0. The Bertz CT molecular complexity index is 290. The zero-order valence-electron chi connectivity index (χ0n) is 11.9. The van der Waals surface area contributed by atoms with Gasteiger partial charge in [-0.3, -0.25) is 9.59 Å². The van der Waals surface area contributed by atoms with E-state index >= 15 is 0 Å². The van der Waals surface area contributed by atoms with E-state index in [1.807, 2.05) is 13.8 Å². The molecular formula is C13H22O6. The lowest BCUT2D eigenvalue weighted by molar-refractivity contribution is -0.159. The molecule has 1 saturated heterocycles. The fourth-order valence-electron chi connectivity index (χ4n) is 1.97. The van der Waals surface area contributed by atoms with Crippen LogP contribution in [0, 0.1) is 5.92 Å². The number of ether oxygens (including phenoxy) is 4. The predicted molar refractivity (Wildman–Crippen MR) is 66.3 cm³/mol. The summed E-state index contributed by atoms with van der Waals surface area (Å²) in [6.45, 7) is 3.91. The van der Waals surface area contributed by atoms with E-state index in [1.54, 1.807) is 0 Å². The summed E-state index contributed by atoms with van der Waals surface area (Å²) in [5.41, 5.74) is 0. The number of rotatable bonds is 6. The molecule has 1 fully saturated rings. The second kappa shape index (κ2) is 7.45. The Morgan fingerprint density at radius 1 is 1.05 bits per heavy atom. The van der Waals surface area contributed by atoms with Gasteiger partial charge in [-0.15, -0.1) is 0 Å². The molecule has 110 valence electrons. The molecule has 0 bridgehead atoms. The van der Waals surface area contributed by atoms with E-state index in [9.17, 15) is 9.59 Å². The van der Waals surface area contributed by atoms with E-state index in [1.165, 1.54) is 14.2 Å². The minimum Gasteiger partial charge on any atom is -0.468 e. The van der Waals surface area contributed by atoms with Crippen LogP contribution < -0.4 is 0 Å². The van der Waals surface area contributed by atoms with Crippen LogP contribution in [-0.4, -0.2) is 44.7 Å². The number of hydrogen-bond donors (Lipinski definition) is 0. The van der Waals surface area contributed by atoms with Gasteiger partial charge in [0.2, 0.25) is 0 Å². The van der Waals surface area contributed by atoms with Crippen LogP contribution in [-0.2, 0) is 28.5 Å². The standard InChI is InChI=1S/C13H22O6/c1-8-9(2)19-11(18-8)7-5-6-10(12(14)16-3)13(15)17-4/h8-11H,5-7H2,1-4H3/t8-,9-/m0/s1. The Labute approximate surface area is 113 Å². The van der Waals surface area contributed by atoms with E-state index in [4.69, 9.17) is 9.47 Å². The van der Waals surface area contributed by atoms with Crippen LogP contribution in [0.2, 0.25) is 0 Å². The van der Waals surface area contributed by atoms with Crippen LogP contribution in [0.3, 0.4) is 0 Å². The summed E-state index contributed by atoms with van der Waals surface area (Å²) in [6.07, 6.45) is 1.51. The van der Waals surface area contributed by atoms with E-state index in [0.29, 0.717) is 19.3 Å². The maximum absolute atomic E-state index is 11.5. The third-order valence-corrected chi connectivity index (χ3v) is 3.30. The van der Waals surface area contributed by atoms with Gasteiger partial charge in [-0.1, -0.05) is 0 Å². The molecule has 0 N–H and O–H groups in total. The van der Waals surface area contributed by atoms with E-state index in [0.717, 1.165) is 0 Å². The van der Waals surface area contributed by atoms with Gasteiger partial charge in [0.05, 0.1) is 26.4 Å². The van der Waals surface area contributed by atoms with Gasteiger partial charge in [-0.05, 0) is 33.1 Å². The van der Waals surface area contributed by atoms with Crippen molar-refractivity contribution < 1.29 is 28.5 Å². The summed E-state index contributed by atoms with van der Waals surface area (Å²) >= 11 is 0. The molecule has 1 aliphatic rings. The second-order valence-electron chi connectivity index (χ2n) is 4.64. The summed E-state index contributed by atoms with van der Waals surface area (Å²) in [7, 11) is 2.51. The molecule has 2 atom stereocenters. The Balaban J connectivity index is 2.36. The van der Waals surface area contributed by atoms with Crippen molar-refractivity contribution in [2.45, 2.75) is 51.6 Å². The highest BCUT2D eigenvalue weighted by Crippen LogP contribution is 2.23. The molecular weight excluding hydrogens is 252 g/mol. The van der Waals surface area contributed by atoms with Crippen molar-refractivity contribution >= 4 is 11.9 Å². The molecule has 0 spiro atoms. The van der Waals surface area contributed by atoms with Crippen molar-refractivity contribution in [3.05, 3.63) is 0 Å². The molecule has 1 aliphatic heterocycles. The van der Waals surface area contributed by atoms with E-state index in [-0.39, 0.29) is 18.5 Å². The van der Waals surface area contributed by atoms with Crippen LogP contribution in [0.15, 0.2) is 0 Å². The first kappa shape index (κ1) is 15.9. The zero-order chi connectivity index (χ0) is 14.4. The van der Waals surface area contributed by atoms with Gasteiger partial charge < -0.3 is 18.9 Å². The first-order valence-electron chi connectivity index (χ1n) is 6.46. The Kier molecular flexibility index (Phi) is 6.24. The van der Waals surface area contributed by atoms with Crippen molar-refractivity contribution in [3.8, 4) is 0 Å². The van der Waals surface area contributed by atoms with Gasteiger partial charge in [0.25, 0.3) is 0 Å². The van der Waals surface area contributed by atoms with Crippen LogP contribution in [0.25, 0.3) is 0 Å². The van der Waals surface area contributed by atoms with Gasteiger partial charge >= 0.3 is 11.9 Å². The van der Waals surface area contributed by atoms with Gasteiger partial charge in [-0.2, -0.15) is 0 Å². The van der Waals surface area contributed by atoms with Crippen molar-refractivity contribution in [1.82, 2.24) is 0 Å². The lowest BCUT2D eigenvalue weighted by Crippen LogP contribution is -2.26. The number of methoxy groups -OCH3 is 2. The quantitative estimate of drug-likeness (QED) is 0.536. The highest BCUT2D eigenvalue weighted by Gasteiger charge is 2.31. The predicted octanol–water partition coefficient (Wildman–Crippen LogP) is 1.27. The van der Waals surface area contributed by atoms with Gasteiger partial charge in [0.15, 0.2) is 12.2 Å². The molecule has 0 aromatic carbocycles. The van der Waals surface area contributed by atoms with E-state index < -0.39 is 17.9 Å². The normalized spacial score (nSPS) is 23.6. The first-order chi connectivity index (χ1) is 8.99. The molecule has 1 rings (SSSR count). The highest BCUT2D eigenvalue weighted by molar-refractivity contribution is 5.94. The van der Waals surface area contributed by atoms with E-state index in [2.05, 4.69) is 9.47 Å². The monoisotopic (exact) mass is 274 g/mol. The largest absolute Gasteiger partial charge is 0.468 e. The fraction of sp³-hybridized carbons (Fsp3) is 0.846. The van der Waals surface area contributed by atoms with Crippen LogP contribution in [0.1, 0.15) is 33.1 Å². The Morgan fingerprint density at radius 3 is 1.95 bits per heavy atom. The lowest BCUT2D eigenvalue weighted by Gasteiger charge is -2.14. The average Bonchev–Trinajstić information content (AvgIpc) is 2.72. The van der Waals surface area contributed by atoms with Gasteiger partial charge in [0.1, 0.15) is 0 Å². The number of hydrogen-bond acceptors (Lipinski definition) is 6. The third-order valence-electron chi connectivity index (χ3n) is 3.30. The van der Waals surface area contributed by atoms with Crippen molar-refractivity contribution in [2.75, 3.05) is 14.2 Å². The van der Waals surface area contributed by atoms with Crippen molar-refractivity contribution in [1.29, 1.82) is 0 Å². The minimum absolute atomic E-state index is 0.0713. The van der Waals surface area contributed by atoms with Crippen LogP contribution in [0.5, 0.6) is 0 Å². The zero-order valence-corrected chi connectivity index (χ0v) is 11.9. The molecule has 0 aromatic heterocycles. The van der Waals surface area contributed by atoms with Gasteiger partial charge in [-0.25, -0.2) is 0 Å². The fourth-order valence-corrected chi connectivity index (χ4v) is 1.97. The molecule has 6 nitrogen and oxygen atoms in total. The number of carbonyl (C=O) groups excluding carboxylic acids is 2. The SMILES string of the molecule is COC(=O)C(CCCC1O[C@@H](C)[C@H](C)O1)C(=O)OC. The lowest BCUT2D eigenvalue weighted by atomic mass is 10.0. The van der Waals surface area contributed by atoms with Gasteiger partial charge in [0, 0.05) is 0 Å². The maximum atomic E-state index is 11.5. The van der Waals surface area contributed by atoms with Crippen molar-refractivity contribution in [3.63, 3.8) is 0 Å². The summed E-state index contributed by atoms with van der Waals surface area (Å²) in [5.74, 6) is -2.00. The molecule has 1 heterocycles. The molecule has 0 saturated carbocycles. The summed E-state index contributed by atoms with van der Waals surface area (Å²) < 4.78 is 20.3. The van der Waals surface area contributed by atoms with Crippen LogP contribution >= 0.6 is 0 Å². The van der Waals surface area contributed by atoms with Crippen LogP contribution in [0.4, 0.5) is 0 Å². The Morgan fingerprint density at radius 2 is 1.53 bits per heavy atom. The molecule has 6 heteroatoms. The maximum Gasteiger partial charge on any atom is 0.320 e. The molecule has 0 unspecified atom stereocenters. The third kappa shape index (κ3) is 4.47. The summed E-state index contributed by atoms with van der Waals surface area (Å²) in [4.78, 5) is 22.9. The minimum atomic E-state index is -0.869. The average molecular weight is 274 g/mol. The molecule has 0 aromatic rings. The number of carbonyl (C=O) groups is 2. The van der Waals surface area contributed by atoms with Crippen molar-refractivity contribution in [2.24, 2.45) is 5.92 Å². The number of esters is 2. The summed E-state index contributed by atoms with van der Waals surface area (Å²) in [6, 6.07) is 0. The smallest absolute Gasteiger partial charge is 0.320 e. The molecule has 0 amide bonds. The molecule has 0 aliphatic carbocycles. The highest BCUT2D eigenvalue weighted by atomic mass is 16.7. The molecule has 0 radical (unpaired) electrons. The first-order valence-corrected chi connectivity index (χ1v) is 6.46. The Hall–Kier alpha value is -1.14.